The molecule has 178 valence electrons. The van der Waals surface area contributed by atoms with Crippen LogP contribution < -0.4 is 4.90 Å². The maximum atomic E-state index is 2.76. The Bertz CT molecular complexity index is 858. The summed E-state index contributed by atoms with van der Waals surface area (Å²) in [6, 6.07) is 7.01. The molecule has 2 heteroatoms. The molecule has 0 radical (unpaired) electrons. The molecular formula is C30H48N2. The standard InChI is InChI=1S/C30H48N2/c1-20(2)19-25-13-11-14-26(21(3)4)28(25)31-17-18-32(24(31)9)29-27(22(5)6)15-12-16-30(29,10)23(7)8/h11-15,20-24H,16-19H2,1-10H3. The molecule has 1 aromatic rings. The SMILES string of the molecule is CC(C)Cc1cccc(C(C)C)c1N1CCN(C2=C(C(C)C)C=CCC2(C)C(C)C)C1C. The molecule has 1 aliphatic heterocycles. The molecular weight excluding hydrogens is 388 g/mol. The Morgan fingerprint density at radius 1 is 0.938 bits per heavy atom. The van der Waals surface area contributed by atoms with E-state index < -0.39 is 0 Å². The van der Waals surface area contributed by atoms with E-state index in [1.807, 2.05) is 0 Å². The first kappa shape index (κ1) is 24.9. The average Bonchev–Trinajstić information content (AvgIpc) is 3.07. The van der Waals surface area contributed by atoms with E-state index in [1.54, 1.807) is 11.3 Å². The molecule has 1 aliphatic carbocycles. The smallest absolute Gasteiger partial charge is 0.0986 e. The zero-order chi connectivity index (χ0) is 23.8. The van der Waals surface area contributed by atoms with Crippen molar-refractivity contribution in [3.8, 4) is 0 Å². The number of nitrogens with zero attached hydrogens (tertiary/aromatic N) is 2. The summed E-state index contributed by atoms with van der Waals surface area (Å²) >= 11 is 0. The predicted molar refractivity (Wildman–Crippen MR) is 141 cm³/mol. The van der Waals surface area contributed by atoms with E-state index >= 15 is 0 Å². The Kier molecular flexibility index (Phi) is 7.52. The lowest BCUT2D eigenvalue weighted by atomic mass is 9.68. The minimum absolute atomic E-state index is 0.191. The molecule has 0 bridgehead atoms. The van der Waals surface area contributed by atoms with Gasteiger partial charge in [0.2, 0.25) is 0 Å². The Morgan fingerprint density at radius 2 is 1.59 bits per heavy atom. The Balaban J connectivity index is 2.09. The Labute approximate surface area is 198 Å². The monoisotopic (exact) mass is 436 g/mol. The van der Waals surface area contributed by atoms with Crippen LogP contribution in [-0.4, -0.2) is 24.2 Å². The van der Waals surface area contributed by atoms with Gasteiger partial charge in [-0.1, -0.05) is 92.7 Å². The second-order valence-electron chi connectivity index (χ2n) is 11.8. The third kappa shape index (κ3) is 4.52. The Hall–Kier alpha value is -1.70. The molecule has 0 saturated carbocycles. The van der Waals surface area contributed by atoms with Gasteiger partial charge in [0.25, 0.3) is 0 Å². The van der Waals surface area contributed by atoms with Gasteiger partial charge >= 0.3 is 0 Å². The molecule has 0 spiro atoms. The van der Waals surface area contributed by atoms with Gasteiger partial charge < -0.3 is 9.80 Å². The molecule has 2 unspecified atom stereocenters. The fourth-order valence-corrected chi connectivity index (χ4v) is 5.79. The number of rotatable bonds is 7. The molecule has 1 heterocycles. The largest absolute Gasteiger partial charge is 0.352 e. The van der Waals surface area contributed by atoms with E-state index in [0.717, 1.165) is 25.9 Å². The molecule has 1 fully saturated rings. The molecule has 32 heavy (non-hydrogen) atoms. The summed E-state index contributed by atoms with van der Waals surface area (Å²) in [4.78, 5) is 5.48. The average molecular weight is 437 g/mol. The van der Waals surface area contributed by atoms with Gasteiger partial charge in [-0.2, -0.15) is 0 Å². The van der Waals surface area contributed by atoms with Gasteiger partial charge in [0.15, 0.2) is 0 Å². The van der Waals surface area contributed by atoms with E-state index in [2.05, 4.69) is 109 Å². The normalized spacial score (nSPS) is 24.2. The number of hydrogen-bond donors (Lipinski definition) is 0. The van der Waals surface area contributed by atoms with Crippen molar-refractivity contribution in [1.82, 2.24) is 4.90 Å². The van der Waals surface area contributed by atoms with Gasteiger partial charge in [0.1, 0.15) is 0 Å². The molecule has 2 atom stereocenters. The molecule has 0 amide bonds. The van der Waals surface area contributed by atoms with Crippen LogP contribution in [0.5, 0.6) is 0 Å². The van der Waals surface area contributed by atoms with Gasteiger partial charge in [-0.15, -0.1) is 0 Å². The van der Waals surface area contributed by atoms with Crippen LogP contribution in [-0.2, 0) is 6.42 Å². The minimum atomic E-state index is 0.191. The summed E-state index contributed by atoms with van der Waals surface area (Å²) in [6.45, 7) is 26.1. The first-order chi connectivity index (χ1) is 15.0. The minimum Gasteiger partial charge on any atom is -0.352 e. The van der Waals surface area contributed by atoms with Crippen LogP contribution in [0, 0.1) is 23.2 Å². The maximum Gasteiger partial charge on any atom is 0.0986 e. The highest BCUT2D eigenvalue weighted by Crippen LogP contribution is 2.49. The number of para-hydroxylation sites is 1. The van der Waals surface area contributed by atoms with Crippen LogP contribution in [0.15, 0.2) is 41.6 Å². The van der Waals surface area contributed by atoms with E-state index in [1.165, 1.54) is 16.8 Å². The highest BCUT2D eigenvalue weighted by Gasteiger charge is 2.43. The van der Waals surface area contributed by atoms with Crippen molar-refractivity contribution in [2.45, 2.75) is 94.2 Å². The second-order valence-corrected chi connectivity index (χ2v) is 11.8. The summed E-state index contributed by atoms with van der Waals surface area (Å²) in [5.74, 6) is 2.34. The van der Waals surface area contributed by atoms with Crippen molar-refractivity contribution in [2.24, 2.45) is 23.2 Å². The number of anilines is 1. The van der Waals surface area contributed by atoms with Crippen molar-refractivity contribution in [3.05, 3.63) is 52.7 Å². The molecule has 0 aromatic heterocycles. The quantitative estimate of drug-likeness (QED) is 0.427. The first-order valence-electron chi connectivity index (χ1n) is 13.0. The van der Waals surface area contributed by atoms with E-state index in [4.69, 9.17) is 0 Å². The highest BCUT2D eigenvalue weighted by molar-refractivity contribution is 5.62. The van der Waals surface area contributed by atoms with Crippen LogP contribution in [0.1, 0.15) is 92.7 Å². The third-order valence-corrected chi connectivity index (χ3v) is 8.01. The van der Waals surface area contributed by atoms with Gasteiger partial charge in [0, 0.05) is 29.9 Å². The third-order valence-electron chi connectivity index (χ3n) is 8.01. The summed E-state index contributed by atoms with van der Waals surface area (Å²) < 4.78 is 0. The summed E-state index contributed by atoms with van der Waals surface area (Å²) in [6.07, 6.45) is 7.50. The second kappa shape index (κ2) is 9.65. The summed E-state index contributed by atoms with van der Waals surface area (Å²) in [7, 11) is 0. The van der Waals surface area contributed by atoms with Crippen molar-refractivity contribution in [3.63, 3.8) is 0 Å². The van der Waals surface area contributed by atoms with Gasteiger partial charge in [-0.25, -0.2) is 0 Å². The number of allylic oxidation sites excluding steroid dienone is 4. The van der Waals surface area contributed by atoms with Gasteiger partial charge in [-0.05, 0) is 60.1 Å². The molecule has 1 saturated heterocycles. The Morgan fingerprint density at radius 3 is 2.16 bits per heavy atom. The zero-order valence-electron chi connectivity index (χ0n) is 22.5. The van der Waals surface area contributed by atoms with Crippen LogP contribution >= 0.6 is 0 Å². The molecule has 3 rings (SSSR count). The first-order valence-corrected chi connectivity index (χ1v) is 13.0. The molecule has 1 aromatic carbocycles. The van der Waals surface area contributed by atoms with Crippen LogP contribution in [0.4, 0.5) is 5.69 Å². The summed E-state index contributed by atoms with van der Waals surface area (Å²) in [5, 5.41) is 0. The zero-order valence-corrected chi connectivity index (χ0v) is 22.5. The van der Waals surface area contributed by atoms with Crippen molar-refractivity contribution >= 4 is 5.69 Å². The fraction of sp³-hybridized carbons (Fsp3) is 0.667. The van der Waals surface area contributed by atoms with Crippen LogP contribution in [0.25, 0.3) is 0 Å². The van der Waals surface area contributed by atoms with Gasteiger partial charge in [0.05, 0.1) is 6.17 Å². The highest BCUT2D eigenvalue weighted by atomic mass is 15.4. The predicted octanol–water partition coefficient (Wildman–Crippen LogP) is 8.01. The van der Waals surface area contributed by atoms with E-state index in [9.17, 15) is 0 Å². The van der Waals surface area contributed by atoms with Gasteiger partial charge in [-0.3, -0.25) is 0 Å². The molecule has 0 N–H and O–H groups in total. The molecule has 2 aliphatic rings. The lowest BCUT2D eigenvalue weighted by Gasteiger charge is -2.46. The maximum absolute atomic E-state index is 2.76. The topological polar surface area (TPSA) is 6.48 Å². The van der Waals surface area contributed by atoms with Crippen LogP contribution in [0.3, 0.4) is 0 Å². The number of hydrogen-bond acceptors (Lipinski definition) is 2. The fourth-order valence-electron chi connectivity index (χ4n) is 5.79. The number of benzene rings is 1. The lowest BCUT2D eigenvalue weighted by molar-refractivity contribution is 0.175. The van der Waals surface area contributed by atoms with E-state index in [0.29, 0.717) is 29.8 Å². The van der Waals surface area contributed by atoms with E-state index in [-0.39, 0.29) is 5.41 Å². The summed E-state index contributed by atoms with van der Waals surface area (Å²) in [5.41, 5.74) is 7.87. The molecule has 2 nitrogen and oxygen atoms in total. The van der Waals surface area contributed by atoms with Crippen LogP contribution in [0.2, 0.25) is 0 Å². The van der Waals surface area contributed by atoms with Crippen molar-refractivity contribution in [1.29, 1.82) is 0 Å². The van der Waals surface area contributed by atoms with Crippen molar-refractivity contribution in [2.75, 3.05) is 18.0 Å². The van der Waals surface area contributed by atoms with Crippen molar-refractivity contribution < 1.29 is 0 Å². The lowest BCUT2D eigenvalue weighted by Crippen LogP contribution is -2.44.